The van der Waals surface area contributed by atoms with Crippen LogP contribution in [0.5, 0.6) is 5.75 Å². The molecular formula is C14H10ClF5N4O4. The number of non-ortho nitro benzene ring substituents is 1. The third kappa shape index (κ3) is 4.85. The van der Waals surface area contributed by atoms with E-state index in [1.807, 2.05) is 0 Å². The lowest BCUT2D eigenvalue weighted by molar-refractivity contribution is -0.384. The van der Waals surface area contributed by atoms with E-state index in [2.05, 4.69) is 15.2 Å². The van der Waals surface area contributed by atoms with Crippen LogP contribution >= 0.6 is 11.6 Å². The number of nitrogens with one attached hydrogen (secondary N) is 1. The molecule has 28 heavy (non-hydrogen) atoms. The van der Waals surface area contributed by atoms with Gasteiger partial charge in [0.2, 0.25) is 0 Å². The molecule has 0 saturated heterocycles. The van der Waals surface area contributed by atoms with E-state index in [1.165, 1.54) is 0 Å². The van der Waals surface area contributed by atoms with E-state index in [0.29, 0.717) is 4.68 Å². The fourth-order valence-electron chi connectivity index (χ4n) is 2.14. The van der Waals surface area contributed by atoms with Crippen molar-refractivity contribution in [2.24, 2.45) is 7.05 Å². The first-order chi connectivity index (χ1) is 12.9. The Morgan fingerprint density at radius 3 is 2.54 bits per heavy atom. The largest absolute Gasteiger partial charge is 0.487 e. The van der Waals surface area contributed by atoms with Gasteiger partial charge in [-0.1, -0.05) is 11.6 Å². The fourth-order valence-corrected chi connectivity index (χ4v) is 2.50. The van der Waals surface area contributed by atoms with Crippen molar-refractivity contribution in [1.29, 1.82) is 0 Å². The van der Waals surface area contributed by atoms with Crippen molar-refractivity contribution < 1.29 is 36.4 Å². The van der Waals surface area contributed by atoms with Gasteiger partial charge in [-0.15, -0.1) is 0 Å². The molecule has 0 saturated carbocycles. The maximum absolute atomic E-state index is 12.9. The molecule has 0 spiro atoms. The smallest absolute Gasteiger partial charge is 0.434 e. The van der Waals surface area contributed by atoms with Gasteiger partial charge in [-0.2, -0.15) is 18.3 Å². The molecule has 0 fully saturated rings. The second-order valence-corrected chi connectivity index (χ2v) is 5.64. The number of hydrogen-bond acceptors (Lipinski definition) is 5. The summed E-state index contributed by atoms with van der Waals surface area (Å²) in [4.78, 5) is 22.3. The number of nitro benzene ring substituents is 1. The van der Waals surface area contributed by atoms with Crippen LogP contribution in [0, 0.1) is 10.1 Å². The second kappa shape index (κ2) is 7.96. The molecule has 1 amide bonds. The van der Waals surface area contributed by atoms with Crippen LogP contribution in [-0.4, -0.2) is 33.6 Å². The van der Waals surface area contributed by atoms with Gasteiger partial charge in [0.15, 0.2) is 11.4 Å². The zero-order valence-corrected chi connectivity index (χ0v) is 14.5. The van der Waals surface area contributed by atoms with Crippen molar-refractivity contribution in [3.8, 4) is 5.75 Å². The monoisotopic (exact) mass is 428 g/mol. The van der Waals surface area contributed by atoms with E-state index in [0.717, 1.165) is 25.2 Å². The predicted octanol–water partition coefficient (Wildman–Crippen LogP) is 3.90. The highest BCUT2D eigenvalue weighted by molar-refractivity contribution is 6.34. The third-order valence-electron chi connectivity index (χ3n) is 3.21. The first-order valence-electron chi connectivity index (χ1n) is 7.21. The molecule has 1 heterocycles. The fraction of sp³-hybridized carbons (Fsp3) is 0.286. The predicted molar refractivity (Wildman–Crippen MR) is 85.8 cm³/mol. The van der Waals surface area contributed by atoms with Crippen LogP contribution in [0.25, 0.3) is 0 Å². The zero-order chi connectivity index (χ0) is 21.2. The number of halogens is 6. The highest BCUT2D eigenvalue weighted by atomic mass is 35.5. The number of amides is 1. The topological polar surface area (TPSA) is 99.3 Å². The van der Waals surface area contributed by atoms with Gasteiger partial charge < -0.3 is 10.1 Å². The molecule has 152 valence electrons. The Labute approximate surface area is 158 Å². The highest BCUT2D eigenvalue weighted by Gasteiger charge is 2.40. The van der Waals surface area contributed by atoms with Crippen LogP contribution in [0.1, 0.15) is 16.2 Å². The van der Waals surface area contributed by atoms with Gasteiger partial charge in [-0.05, 0) is 0 Å². The minimum Gasteiger partial charge on any atom is -0.487 e. The summed E-state index contributed by atoms with van der Waals surface area (Å²) in [6, 6.07) is 2.68. The lowest BCUT2D eigenvalue weighted by Gasteiger charge is -2.09. The van der Waals surface area contributed by atoms with Crippen LogP contribution in [0.2, 0.25) is 5.02 Å². The van der Waals surface area contributed by atoms with Gasteiger partial charge in [-0.3, -0.25) is 19.6 Å². The Bertz CT molecular complexity index is 916. The van der Waals surface area contributed by atoms with E-state index >= 15 is 0 Å². The normalized spacial score (nSPS) is 11.6. The molecule has 0 bridgehead atoms. The van der Waals surface area contributed by atoms with Crippen molar-refractivity contribution in [3.05, 3.63) is 44.7 Å². The number of carbonyl (C=O) groups excluding carboxylic acids is 1. The number of aromatic nitrogens is 2. The minimum atomic E-state index is -4.88. The van der Waals surface area contributed by atoms with Gasteiger partial charge in [0.1, 0.15) is 17.4 Å². The second-order valence-electron chi connectivity index (χ2n) is 5.26. The van der Waals surface area contributed by atoms with Crippen LogP contribution < -0.4 is 10.1 Å². The van der Waals surface area contributed by atoms with Crippen LogP contribution in [0.4, 0.5) is 33.3 Å². The quantitative estimate of drug-likeness (QED) is 0.427. The summed E-state index contributed by atoms with van der Waals surface area (Å²) in [6.07, 6.45) is -7.73. The maximum Gasteiger partial charge on any atom is 0.434 e. The van der Waals surface area contributed by atoms with Gasteiger partial charge in [-0.25, -0.2) is 8.78 Å². The SMILES string of the molecule is Cn1nc(C(=O)Nc2cc(OCC(F)F)cc([N+](=O)[O-])c2)c(Cl)c1C(F)(F)F. The number of rotatable bonds is 6. The standard InChI is InChI=1S/C14H10ClF5N4O4/c1-23-12(14(18,19)20)10(15)11(22-23)13(25)21-6-2-7(24(26)27)4-8(3-6)28-5-9(16)17/h2-4,9H,5H2,1H3,(H,21,25). The average molecular weight is 429 g/mol. The number of nitrogens with zero attached hydrogens (tertiary/aromatic N) is 3. The average Bonchev–Trinajstić information content (AvgIpc) is 2.87. The van der Waals surface area contributed by atoms with E-state index in [9.17, 15) is 36.9 Å². The summed E-state index contributed by atoms with van der Waals surface area (Å²) in [6.45, 7) is -1.06. The summed E-state index contributed by atoms with van der Waals surface area (Å²) >= 11 is 5.59. The van der Waals surface area contributed by atoms with Crippen molar-refractivity contribution in [2.75, 3.05) is 11.9 Å². The van der Waals surface area contributed by atoms with E-state index in [-0.39, 0.29) is 11.4 Å². The van der Waals surface area contributed by atoms with Crippen LogP contribution in [-0.2, 0) is 13.2 Å². The number of alkyl halides is 5. The molecule has 1 aromatic heterocycles. The maximum atomic E-state index is 12.9. The number of benzene rings is 1. The zero-order valence-electron chi connectivity index (χ0n) is 13.8. The van der Waals surface area contributed by atoms with Crippen molar-refractivity contribution in [3.63, 3.8) is 0 Å². The Morgan fingerprint density at radius 2 is 2.04 bits per heavy atom. The molecule has 0 aliphatic heterocycles. The highest BCUT2D eigenvalue weighted by Crippen LogP contribution is 2.36. The first kappa shape index (κ1) is 21.3. The van der Waals surface area contributed by atoms with Crippen LogP contribution in [0.15, 0.2) is 18.2 Å². The summed E-state index contributed by atoms with van der Waals surface area (Å²) in [5, 5.41) is 15.4. The van der Waals surface area contributed by atoms with Crippen LogP contribution in [0.3, 0.4) is 0 Å². The van der Waals surface area contributed by atoms with Crippen molar-refractivity contribution in [1.82, 2.24) is 9.78 Å². The molecule has 1 N–H and O–H groups in total. The Hall–Kier alpha value is -2.96. The summed E-state index contributed by atoms with van der Waals surface area (Å²) in [5.41, 5.74) is -3.04. The molecule has 0 unspecified atom stereocenters. The van der Waals surface area contributed by atoms with E-state index < -0.39 is 52.1 Å². The third-order valence-corrected chi connectivity index (χ3v) is 3.57. The number of hydrogen-bond donors (Lipinski definition) is 1. The molecule has 2 rings (SSSR count). The van der Waals surface area contributed by atoms with Crippen molar-refractivity contribution >= 4 is 28.9 Å². The Morgan fingerprint density at radius 1 is 1.39 bits per heavy atom. The van der Waals surface area contributed by atoms with Crippen molar-refractivity contribution in [2.45, 2.75) is 12.6 Å². The summed E-state index contributed by atoms with van der Waals surface area (Å²) in [7, 11) is 0.926. The van der Waals surface area contributed by atoms with E-state index in [4.69, 9.17) is 11.6 Å². The lowest BCUT2D eigenvalue weighted by atomic mass is 10.2. The van der Waals surface area contributed by atoms with Gasteiger partial charge >= 0.3 is 6.18 Å². The molecule has 0 aliphatic carbocycles. The van der Waals surface area contributed by atoms with Gasteiger partial charge in [0, 0.05) is 19.2 Å². The molecule has 0 radical (unpaired) electrons. The number of anilines is 1. The number of ether oxygens (including phenoxy) is 1. The Balaban J connectivity index is 2.34. The number of carbonyl (C=O) groups is 1. The molecule has 1 aromatic carbocycles. The molecule has 2 aromatic rings. The first-order valence-corrected chi connectivity index (χ1v) is 7.59. The van der Waals surface area contributed by atoms with Gasteiger partial charge in [0.05, 0.1) is 16.7 Å². The summed E-state index contributed by atoms with van der Waals surface area (Å²) in [5.74, 6) is -1.55. The molecule has 0 aliphatic rings. The van der Waals surface area contributed by atoms with E-state index in [1.54, 1.807) is 0 Å². The number of aryl methyl sites for hydroxylation is 1. The molecular weight excluding hydrogens is 419 g/mol. The molecule has 14 heteroatoms. The molecule has 8 nitrogen and oxygen atoms in total. The number of nitro groups is 1. The lowest BCUT2D eigenvalue weighted by Crippen LogP contribution is -2.14. The Kier molecular flexibility index (Phi) is 6.07. The molecule has 0 atom stereocenters. The van der Waals surface area contributed by atoms with Gasteiger partial charge in [0.25, 0.3) is 18.0 Å². The minimum absolute atomic E-state index is 0.293. The summed E-state index contributed by atoms with van der Waals surface area (Å²) < 4.78 is 68.3.